The van der Waals surface area contributed by atoms with Gasteiger partial charge in [0, 0.05) is 30.5 Å². The van der Waals surface area contributed by atoms with Crippen LogP contribution in [0.25, 0.3) is 0 Å². The summed E-state index contributed by atoms with van der Waals surface area (Å²) in [6.45, 7) is 7.06. The average Bonchev–Trinajstić information content (AvgIpc) is 2.98. The minimum atomic E-state index is -0.217. The molecule has 1 saturated heterocycles. The van der Waals surface area contributed by atoms with Gasteiger partial charge in [0.25, 0.3) is 0 Å². The maximum atomic E-state index is 9.99. The van der Waals surface area contributed by atoms with Crippen LogP contribution in [0.1, 0.15) is 43.5 Å². The number of hydrogen-bond donors (Lipinski definition) is 1. The Kier molecular flexibility index (Phi) is 3.44. The molecule has 2 unspecified atom stereocenters. The van der Waals surface area contributed by atoms with Crippen LogP contribution >= 0.6 is 0 Å². The van der Waals surface area contributed by atoms with Gasteiger partial charge in [-0.1, -0.05) is 6.92 Å². The maximum absolute atomic E-state index is 9.99. The van der Waals surface area contributed by atoms with Crippen LogP contribution in [0, 0.1) is 5.92 Å². The van der Waals surface area contributed by atoms with Gasteiger partial charge in [0.15, 0.2) is 0 Å². The van der Waals surface area contributed by atoms with E-state index in [-0.39, 0.29) is 6.10 Å². The molecule has 1 aromatic rings. The van der Waals surface area contributed by atoms with Crippen LogP contribution in [0.4, 0.5) is 0 Å². The third-order valence-electron chi connectivity index (χ3n) is 4.64. The molecule has 2 heterocycles. The van der Waals surface area contributed by atoms with Crippen molar-refractivity contribution in [3.8, 4) is 0 Å². The van der Waals surface area contributed by atoms with Crippen LogP contribution in [0.5, 0.6) is 0 Å². The van der Waals surface area contributed by atoms with Gasteiger partial charge in [-0.05, 0) is 50.8 Å². The predicted molar refractivity (Wildman–Crippen MR) is 72.6 cm³/mol. The topological polar surface area (TPSA) is 28.4 Å². The number of aromatic nitrogens is 1. The third kappa shape index (κ3) is 2.21. The van der Waals surface area contributed by atoms with Gasteiger partial charge in [0.2, 0.25) is 0 Å². The molecule has 0 bridgehead atoms. The molecule has 0 amide bonds. The van der Waals surface area contributed by atoms with E-state index in [2.05, 4.69) is 28.7 Å². The van der Waals surface area contributed by atoms with Gasteiger partial charge in [-0.3, -0.25) is 0 Å². The lowest BCUT2D eigenvalue weighted by Crippen LogP contribution is -2.22. The number of nitrogens with zero attached hydrogens (tertiary/aromatic N) is 2. The van der Waals surface area contributed by atoms with E-state index in [1.807, 2.05) is 0 Å². The lowest BCUT2D eigenvalue weighted by atomic mass is 9.95. The predicted octanol–water partition coefficient (Wildman–Crippen LogP) is 2.20. The van der Waals surface area contributed by atoms with Gasteiger partial charge in [-0.2, -0.15) is 0 Å². The molecule has 100 valence electrons. The highest BCUT2D eigenvalue weighted by atomic mass is 16.3. The molecule has 0 aromatic carbocycles. The SMILES string of the molecule is CCN1CCC(Cn2ccc3c2CCCC3O)C1. The summed E-state index contributed by atoms with van der Waals surface area (Å²) in [4.78, 5) is 2.54. The second-order valence-electron chi connectivity index (χ2n) is 5.83. The monoisotopic (exact) mass is 248 g/mol. The molecule has 2 atom stereocenters. The van der Waals surface area contributed by atoms with E-state index in [0.717, 1.165) is 31.7 Å². The Balaban J connectivity index is 1.70. The Labute approximate surface area is 109 Å². The zero-order valence-corrected chi connectivity index (χ0v) is 11.3. The highest BCUT2D eigenvalue weighted by Crippen LogP contribution is 2.31. The standard InChI is InChI=1S/C15H24N2O/c1-2-16-8-6-12(10-16)11-17-9-7-13-14(17)4-3-5-15(13)18/h7,9,12,15,18H,2-6,8,10-11H2,1H3. The van der Waals surface area contributed by atoms with Crippen molar-refractivity contribution in [3.05, 3.63) is 23.5 Å². The highest BCUT2D eigenvalue weighted by Gasteiger charge is 2.25. The number of aliphatic hydroxyl groups excluding tert-OH is 1. The fraction of sp³-hybridized carbons (Fsp3) is 0.733. The Morgan fingerprint density at radius 2 is 2.28 bits per heavy atom. The minimum absolute atomic E-state index is 0.217. The Morgan fingerprint density at radius 3 is 3.06 bits per heavy atom. The largest absolute Gasteiger partial charge is 0.388 e. The molecule has 3 heteroatoms. The number of fused-ring (bicyclic) bond motifs is 1. The molecule has 1 aliphatic heterocycles. The summed E-state index contributed by atoms with van der Waals surface area (Å²) >= 11 is 0. The Hall–Kier alpha value is -0.800. The summed E-state index contributed by atoms with van der Waals surface area (Å²) < 4.78 is 2.40. The van der Waals surface area contributed by atoms with Gasteiger partial charge in [0.1, 0.15) is 0 Å². The molecule has 2 aliphatic rings. The second kappa shape index (κ2) is 5.06. The van der Waals surface area contributed by atoms with E-state index in [4.69, 9.17) is 0 Å². The molecule has 0 spiro atoms. The first-order valence-electron chi connectivity index (χ1n) is 7.36. The minimum Gasteiger partial charge on any atom is -0.388 e. The van der Waals surface area contributed by atoms with Gasteiger partial charge in [-0.25, -0.2) is 0 Å². The molecule has 1 aromatic heterocycles. The smallest absolute Gasteiger partial charge is 0.0807 e. The fourth-order valence-corrected chi connectivity index (χ4v) is 3.53. The number of aliphatic hydroxyl groups is 1. The van der Waals surface area contributed by atoms with Crippen molar-refractivity contribution in [2.24, 2.45) is 5.92 Å². The van der Waals surface area contributed by atoms with Crippen LogP contribution in [0.15, 0.2) is 12.3 Å². The molecular weight excluding hydrogens is 224 g/mol. The molecule has 1 aliphatic carbocycles. The number of rotatable bonds is 3. The number of likely N-dealkylation sites (tertiary alicyclic amines) is 1. The summed E-state index contributed by atoms with van der Waals surface area (Å²) in [6.07, 6.45) is 6.50. The molecule has 1 fully saturated rings. The van der Waals surface area contributed by atoms with E-state index < -0.39 is 0 Å². The lowest BCUT2D eigenvalue weighted by Gasteiger charge is -2.21. The van der Waals surface area contributed by atoms with Gasteiger partial charge in [0.05, 0.1) is 6.10 Å². The van der Waals surface area contributed by atoms with Crippen molar-refractivity contribution in [3.63, 3.8) is 0 Å². The molecule has 18 heavy (non-hydrogen) atoms. The van der Waals surface area contributed by atoms with E-state index >= 15 is 0 Å². The van der Waals surface area contributed by atoms with Crippen LogP contribution in [0.2, 0.25) is 0 Å². The average molecular weight is 248 g/mol. The van der Waals surface area contributed by atoms with Gasteiger partial charge in [-0.15, -0.1) is 0 Å². The van der Waals surface area contributed by atoms with Crippen molar-refractivity contribution < 1.29 is 5.11 Å². The summed E-state index contributed by atoms with van der Waals surface area (Å²) in [5.41, 5.74) is 2.58. The van der Waals surface area contributed by atoms with E-state index in [0.29, 0.717) is 0 Å². The molecule has 1 N–H and O–H groups in total. The van der Waals surface area contributed by atoms with Crippen LogP contribution in [0.3, 0.4) is 0 Å². The van der Waals surface area contributed by atoms with Crippen molar-refractivity contribution in [2.75, 3.05) is 19.6 Å². The summed E-state index contributed by atoms with van der Waals surface area (Å²) in [5.74, 6) is 0.792. The van der Waals surface area contributed by atoms with Crippen molar-refractivity contribution in [1.29, 1.82) is 0 Å². The number of hydrogen-bond acceptors (Lipinski definition) is 2. The Bertz CT molecular complexity index is 413. The Morgan fingerprint density at radius 1 is 1.39 bits per heavy atom. The maximum Gasteiger partial charge on any atom is 0.0807 e. The van der Waals surface area contributed by atoms with E-state index in [1.165, 1.54) is 37.3 Å². The quantitative estimate of drug-likeness (QED) is 0.888. The summed E-state index contributed by atoms with van der Waals surface area (Å²) in [6, 6.07) is 2.13. The van der Waals surface area contributed by atoms with Crippen LogP contribution in [-0.4, -0.2) is 34.2 Å². The second-order valence-corrected chi connectivity index (χ2v) is 5.83. The van der Waals surface area contributed by atoms with Crippen molar-refractivity contribution in [2.45, 2.75) is 45.3 Å². The first kappa shape index (κ1) is 12.2. The zero-order valence-electron chi connectivity index (χ0n) is 11.3. The zero-order chi connectivity index (χ0) is 12.5. The molecular formula is C15H24N2O. The molecule has 3 nitrogen and oxygen atoms in total. The van der Waals surface area contributed by atoms with E-state index in [9.17, 15) is 5.11 Å². The van der Waals surface area contributed by atoms with Crippen molar-refractivity contribution >= 4 is 0 Å². The summed E-state index contributed by atoms with van der Waals surface area (Å²) in [5, 5.41) is 9.99. The highest BCUT2D eigenvalue weighted by molar-refractivity contribution is 5.27. The van der Waals surface area contributed by atoms with Crippen LogP contribution < -0.4 is 0 Å². The van der Waals surface area contributed by atoms with Crippen LogP contribution in [-0.2, 0) is 13.0 Å². The van der Waals surface area contributed by atoms with Gasteiger partial charge >= 0.3 is 0 Å². The van der Waals surface area contributed by atoms with Gasteiger partial charge < -0.3 is 14.6 Å². The first-order chi connectivity index (χ1) is 8.78. The molecule has 0 saturated carbocycles. The first-order valence-corrected chi connectivity index (χ1v) is 7.36. The molecule has 3 rings (SSSR count). The fourth-order valence-electron chi connectivity index (χ4n) is 3.53. The summed E-state index contributed by atoms with van der Waals surface area (Å²) in [7, 11) is 0. The normalized spacial score (nSPS) is 28.6. The lowest BCUT2D eigenvalue weighted by molar-refractivity contribution is 0.155. The van der Waals surface area contributed by atoms with E-state index in [1.54, 1.807) is 0 Å². The molecule has 0 radical (unpaired) electrons. The third-order valence-corrected chi connectivity index (χ3v) is 4.64. The van der Waals surface area contributed by atoms with Crippen molar-refractivity contribution in [1.82, 2.24) is 9.47 Å².